The summed E-state index contributed by atoms with van der Waals surface area (Å²) in [6, 6.07) is 5.75. The second-order valence-corrected chi connectivity index (χ2v) is 4.17. The highest BCUT2D eigenvalue weighted by atomic mass is 15.0. The first-order chi connectivity index (χ1) is 10.1. The van der Waals surface area contributed by atoms with Gasteiger partial charge in [0.1, 0.15) is 5.82 Å². The van der Waals surface area contributed by atoms with Crippen LogP contribution < -0.4 is 5.32 Å². The van der Waals surface area contributed by atoms with Crippen molar-refractivity contribution in [3.8, 4) is 0 Å². The minimum Gasteiger partial charge on any atom is -0.373 e. The Morgan fingerprint density at radius 2 is 2.00 bits per heavy atom. The fraction of sp³-hybridized carbons (Fsp3) is 0.389. The molecule has 1 heterocycles. The maximum atomic E-state index is 3.99. The predicted molar refractivity (Wildman–Crippen MR) is 96.8 cm³/mol. The highest BCUT2D eigenvalue weighted by Gasteiger charge is 1.91. The Labute approximate surface area is 131 Å². The minimum atomic E-state index is 0.910. The molecule has 0 aliphatic heterocycles. The molecule has 0 spiro atoms. The number of allylic oxidation sites excluding steroid dienone is 3. The van der Waals surface area contributed by atoms with E-state index >= 15 is 0 Å². The Morgan fingerprint density at radius 3 is 2.33 bits per heavy atom. The molecule has 21 heavy (non-hydrogen) atoms. The van der Waals surface area contributed by atoms with E-state index in [1.165, 1.54) is 5.57 Å². The molecular formula is C18H31N3. The summed E-state index contributed by atoms with van der Waals surface area (Å²) in [5.74, 6) is 0.910. The van der Waals surface area contributed by atoms with Crippen molar-refractivity contribution in [1.29, 1.82) is 0 Å². The molecule has 1 rings (SSSR count). The molecule has 1 aromatic heterocycles. The highest BCUT2D eigenvalue weighted by Crippen LogP contribution is 1.97. The lowest BCUT2D eigenvalue weighted by Gasteiger charge is -2.08. The zero-order valence-corrected chi connectivity index (χ0v) is 14.4. The average Bonchev–Trinajstić information content (AvgIpc) is 2.54. The number of hydrogen-bond donors (Lipinski definition) is 1. The molecule has 0 atom stereocenters. The van der Waals surface area contributed by atoms with Crippen molar-refractivity contribution in [2.75, 3.05) is 33.0 Å². The van der Waals surface area contributed by atoms with Crippen LogP contribution in [-0.4, -0.2) is 37.6 Å². The molecule has 0 saturated heterocycles. The van der Waals surface area contributed by atoms with E-state index < -0.39 is 0 Å². The lowest BCUT2D eigenvalue weighted by atomic mass is 10.2. The normalized spacial score (nSPS) is 10.3. The molecule has 118 valence electrons. The van der Waals surface area contributed by atoms with Crippen LogP contribution in [0.4, 0.5) is 5.82 Å². The van der Waals surface area contributed by atoms with Gasteiger partial charge in [0.2, 0.25) is 0 Å². The quantitative estimate of drug-likeness (QED) is 0.815. The highest BCUT2D eigenvalue weighted by molar-refractivity contribution is 5.31. The summed E-state index contributed by atoms with van der Waals surface area (Å²) in [7, 11) is 5.95. The third kappa shape index (κ3) is 14.4. The zero-order chi connectivity index (χ0) is 16.5. The van der Waals surface area contributed by atoms with Gasteiger partial charge in [0.15, 0.2) is 0 Å². The third-order valence-corrected chi connectivity index (χ3v) is 2.18. The van der Waals surface area contributed by atoms with Gasteiger partial charge in [0, 0.05) is 19.8 Å². The maximum absolute atomic E-state index is 3.99. The summed E-state index contributed by atoms with van der Waals surface area (Å²) in [5, 5.41) is 2.92. The Morgan fingerprint density at radius 1 is 1.33 bits per heavy atom. The van der Waals surface area contributed by atoms with Gasteiger partial charge in [-0.15, -0.1) is 0 Å². The molecule has 0 aromatic carbocycles. The molecule has 0 amide bonds. The van der Waals surface area contributed by atoms with Crippen molar-refractivity contribution in [1.82, 2.24) is 9.88 Å². The van der Waals surface area contributed by atoms with Crippen LogP contribution in [0.1, 0.15) is 20.8 Å². The van der Waals surface area contributed by atoms with Crippen molar-refractivity contribution in [3.63, 3.8) is 0 Å². The first kappa shape index (κ1) is 21.4. The Hall–Kier alpha value is -1.87. The predicted octanol–water partition coefficient (Wildman–Crippen LogP) is 4.39. The molecule has 0 aliphatic carbocycles. The molecule has 0 saturated carbocycles. The van der Waals surface area contributed by atoms with Crippen LogP contribution in [0.25, 0.3) is 0 Å². The average molecular weight is 289 g/mol. The fourth-order valence-electron chi connectivity index (χ4n) is 1.28. The summed E-state index contributed by atoms with van der Waals surface area (Å²) in [6.45, 7) is 10.7. The van der Waals surface area contributed by atoms with Gasteiger partial charge in [0.25, 0.3) is 0 Å². The molecule has 0 aliphatic rings. The van der Waals surface area contributed by atoms with E-state index in [-0.39, 0.29) is 0 Å². The molecule has 0 unspecified atom stereocenters. The summed E-state index contributed by atoms with van der Waals surface area (Å²) in [6.07, 6.45) is 9.76. The van der Waals surface area contributed by atoms with Crippen molar-refractivity contribution < 1.29 is 0 Å². The molecule has 3 nitrogen and oxygen atoms in total. The molecule has 1 aromatic rings. The summed E-state index contributed by atoms with van der Waals surface area (Å²) in [5.41, 5.74) is 1.24. The molecule has 0 bridgehead atoms. The van der Waals surface area contributed by atoms with Crippen LogP contribution in [0.5, 0.6) is 0 Å². The maximum Gasteiger partial charge on any atom is 0.125 e. The topological polar surface area (TPSA) is 28.2 Å². The first-order valence-corrected chi connectivity index (χ1v) is 7.31. The minimum absolute atomic E-state index is 0.910. The Balaban J connectivity index is 0. The Bertz CT molecular complexity index is 392. The van der Waals surface area contributed by atoms with E-state index in [0.717, 1.165) is 12.4 Å². The van der Waals surface area contributed by atoms with Crippen LogP contribution >= 0.6 is 0 Å². The second kappa shape index (κ2) is 16.2. The monoisotopic (exact) mass is 289 g/mol. The van der Waals surface area contributed by atoms with Crippen molar-refractivity contribution >= 4 is 5.82 Å². The summed E-state index contributed by atoms with van der Waals surface area (Å²) in [4.78, 5) is 6.11. The number of rotatable bonds is 5. The molecular weight excluding hydrogens is 258 g/mol. The number of anilines is 1. The van der Waals surface area contributed by atoms with Gasteiger partial charge in [-0.2, -0.15) is 0 Å². The summed E-state index contributed by atoms with van der Waals surface area (Å²) >= 11 is 0. The largest absolute Gasteiger partial charge is 0.373 e. The van der Waals surface area contributed by atoms with Crippen molar-refractivity contribution in [2.24, 2.45) is 0 Å². The van der Waals surface area contributed by atoms with Crippen LogP contribution in [0.15, 0.2) is 60.9 Å². The number of hydrogen-bond acceptors (Lipinski definition) is 3. The molecule has 3 heteroatoms. The number of nitrogens with zero attached hydrogens (tertiary/aromatic N) is 2. The second-order valence-electron chi connectivity index (χ2n) is 4.17. The van der Waals surface area contributed by atoms with E-state index in [0.29, 0.717) is 0 Å². The van der Waals surface area contributed by atoms with E-state index in [2.05, 4.69) is 27.9 Å². The van der Waals surface area contributed by atoms with Crippen molar-refractivity contribution in [2.45, 2.75) is 20.8 Å². The standard InChI is InChI=1S/C10H17N.C6H8N2.C2H6/c1-5-7-8-10(6-2)9-11(3)4;1-7-6-4-2-3-5-8-6;1-2/h5-8H,2,9H2,1,3-4H3;2-5H,1H3,(H,7,8);1-2H3/b7-5-,10-8+;;. The van der Waals surface area contributed by atoms with Gasteiger partial charge in [-0.05, 0) is 38.7 Å². The van der Waals surface area contributed by atoms with Crippen LogP contribution in [0.3, 0.4) is 0 Å². The van der Waals surface area contributed by atoms with Crippen LogP contribution in [0.2, 0.25) is 0 Å². The molecule has 1 N–H and O–H groups in total. The number of aromatic nitrogens is 1. The van der Waals surface area contributed by atoms with Gasteiger partial charge < -0.3 is 10.2 Å². The van der Waals surface area contributed by atoms with E-state index in [9.17, 15) is 0 Å². The van der Waals surface area contributed by atoms with Crippen molar-refractivity contribution in [3.05, 3.63) is 60.9 Å². The smallest absolute Gasteiger partial charge is 0.125 e. The number of pyridine rings is 1. The zero-order valence-electron chi connectivity index (χ0n) is 14.4. The van der Waals surface area contributed by atoms with E-state index in [4.69, 9.17) is 0 Å². The van der Waals surface area contributed by atoms with Gasteiger partial charge in [-0.1, -0.05) is 50.8 Å². The molecule has 0 radical (unpaired) electrons. The third-order valence-electron chi connectivity index (χ3n) is 2.18. The van der Waals surface area contributed by atoms with Gasteiger partial charge in [-0.25, -0.2) is 4.98 Å². The van der Waals surface area contributed by atoms with E-state index in [1.54, 1.807) is 6.20 Å². The number of nitrogens with one attached hydrogen (secondary N) is 1. The van der Waals surface area contributed by atoms with Gasteiger partial charge >= 0.3 is 0 Å². The van der Waals surface area contributed by atoms with Crippen LogP contribution in [-0.2, 0) is 0 Å². The summed E-state index contributed by atoms with van der Waals surface area (Å²) < 4.78 is 0. The lowest BCUT2D eigenvalue weighted by molar-refractivity contribution is 0.449. The Kier molecular flexibility index (Phi) is 16.5. The van der Waals surface area contributed by atoms with E-state index in [1.807, 2.05) is 78.3 Å². The SMILES string of the molecule is C=C/C(=C\C=C/C)CN(C)C.CC.CNc1ccccn1. The lowest BCUT2D eigenvalue weighted by Crippen LogP contribution is -2.13. The van der Waals surface area contributed by atoms with Crippen LogP contribution in [0, 0.1) is 0 Å². The number of likely N-dealkylation sites (N-methyl/N-ethyl adjacent to an activating group) is 1. The van der Waals surface area contributed by atoms with Gasteiger partial charge in [0.05, 0.1) is 0 Å². The molecule has 0 fully saturated rings. The van der Waals surface area contributed by atoms with Gasteiger partial charge in [-0.3, -0.25) is 0 Å². The fourth-order valence-corrected chi connectivity index (χ4v) is 1.28. The first-order valence-electron chi connectivity index (χ1n) is 7.31.